The zero-order chi connectivity index (χ0) is 40.5. The predicted molar refractivity (Wildman–Crippen MR) is 249 cm³/mol. The maximum absolute atomic E-state index is 16.5. The van der Waals surface area contributed by atoms with Crippen molar-refractivity contribution in [1.29, 1.82) is 0 Å². The van der Waals surface area contributed by atoms with Gasteiger partial charge in [0.15, 0.2) is 0 Å². The van der Waals surface area contributed by atoms with Gasteiger partial charge in [0.1, 0.15) is 5.82 Å². The molecule has 0 saturated heterocycles. The third-order valence-corrected chi connectivity index (χ3v) is 14.8. The Labute approximate surface area is 348 Å². The first-order chi connectivity index (χ1) is 27.6. The van der Waals surface area contributed by atoms with Crippen LogP contribution in [-0.4, -0.2) is 6.71 Å². The Balaban J connectivity index is 1.35. The Morgan fingerprint density at radius 1 is 0.655 bits per heavy atom. The van der Waals surface area contributed by atoms with Crippen LogP contribution in [-0.2, 0) is 16.2 Å². The van der Waals surface area contributed by atoms with E-state index in [-0.39, 0.29) is 28.8 Å². The van der Waals surface area contributed by atoms with Gasteiger partial charge in [-0.1, -0.05) is 129 Å². The van der Waals surface area contributed by atoms with Gasteiger partial charge >= 0.3 is 0 Å². The van der Waals surface area contributed by atoms with Crippen LogP contribution >= 0.6 is 11.3 Å². The molecule has 3 heterocycles. The van der Waals surface area contributed by atoms with Crippen LogP contribution in [0.3, 0.4) is 0 Å². The second-order valence-corrected chi connectivity index (χ2v) is 20.6. The number of para-hydroxylation sites is 1. The second-order valence-electron chi connectivity index (χ2n) is 19.6. The SMILES string of the molecule is CC(C)c1ccc(N2c3cc4c(cc3B3c5sc6ccc(C(C)(C)C)cc6c5N(c5ccccc5F)c5cccc2c53)C(C)(C)CCC4(C)C)c(-c2ccccc2)c1. The molecule has 0 fully saturated rings. The van der Waals surface area contributed by atoms with Gasteiger partial charge in [-0.15, -0.1) is 11.3 Å². The van der Waals surface area contributed by atoms with Crippen molar-refractivity contribution in [2.45, 2.75) is 97.3 Å². The Morgan fingerprint density at radius 2 is 1.31 bits per heavy atom. The minimum absolute atomic E-state index is 0.0249. The van der Waals surface area contributed by atoms with Gasteiger partial charge < -0.3 is 9.80 Å². The van der Waals surface area contributed by atoms with E-state index in [4.69, 9.17) is 0 Å². The topological polar surface area (TPSA) is 6.48 Å². The third kappa shape index (κ3) is 5.56. The van der Waals surface area contributed by atoms with Crippen molar-refractivity contribution in [1.82, 2.24) is 0 Å². The average Bonchev–Trinajstić information content (AvgIpc) is 3.58. The molecule has 6 aromatic carbocycles. The van der Waals surface area contributed by atoms with Crippen molar-refractivity contribution in [3.63, 3.8) is 0 Å². The van der Waals surface area contributed by atoms with Crippen molar-refractivity contribution < 1.29 is 4.39 Å². The fourth-order valence-electron chi connectivity index (χ4n) is 10.0. The van der Waals surface area contributed by atoms with Gasteiger partial charge in [0.25, 0.3) is 6.71 Å². The minimum atomic E-state index is -0.224. The van der Waals surface area contributed by atoms with Crippen LogP contribution in [0.2, 0.25) is 0 Å². The highest BCUT2D eigenvalue weighted by Gasteiger charge is 2.48. The smallest absolute Gasteiger partial charge is 0.264 e. The molecule has 0 radical (unpaired) electrons. The molecule has 290 valence electrons. The molecule has 2 nitrogen and oxygen atoms in total. The summed E-state index contributed by atoms with van der Waals surface area (Å²) in [7, 11) is 0. The van der Waals surface area contributed by atoms with Crippen LogP contribution in [0.1, 0.15) is 103 Å². The lowest BCUT2D eigenvalue weighted by Gasteiger charge is -2.47. The number of thiophene rings is 1. The van der Waals surface area contributed by atoms with E-state index in [9.17, 15) is 0 Å². The fraction of sp³-hybridized carbons (Fsp3) is 0.283. The van der Waals surface area contributed by atoms with Crippen LogP contribution in [0, 0.1) is 5.82 Å². The van der Waals surface area contributed by atoms with Crippen LogP contribution in [0.25, 0.3) is 21.2 Å². The molecular formula is C53H52BFN2S. The quantitative estimate of drug-likeness (QED) is 0.164. The number of halogens is 1. The molecule has 58 heavy (non-hydrogen) atoms. The van der Waals surface area contributed by atoms with Gasteiger partial charge in [0.05, 0.1) is 17.1 Å². The summed E-state index contributed by atoms with van der Waals surface area (Å²) in [5, 5.41) is 1.19. The highest BCUT2D eigenvalue weighted by atomic mass is 32.1. The molecule has 5 heteroatoms. The minimum Gasteiger partial charge on any atom is -0.311 e. The molecule has 0 atom stereocenters. The van der Waals surface area contributed by atoms with Crippen molar-refractivity contribution in [3.8, 4) is 11.1 Å². The molecule has 2 aliphatic heterocycles. The van der Waals surface area contributed by atoms with Gasteiger partial charge in [0, 0.05) is 37.5 Å². The monoisotopic (exact) mass is 778 g/mol. The van der Waals surface area contributed by atoms with Crippen molar-refractivity contribution in [2.75, 3.05) is 9.80 Å². The number of hydrogen-bond donors (Lipinski definition) is 0. The zero-order valence-corrected chi connectivity index (χ0v) is 36.1. The summed E-state index contributed by atoms with van der Waals surface area (Å²) in [6.45, 7) is 21.1. The normalized spacial score (nSPS) is 16.3. The van der Waals surface area contributed by atoms with Crippen LogP contribution in [0.5, 0.6) is 0 Å². The Hall–Kier alpha value is -5.13. The summed E-state index contributed by atoms with van der Waals surface area (Å²) in [4.78, 5) is 4.81. The second kappa shape index (κ2) is 12.9. The van der Waals surface area contributed by atoms with E-state index in [2.05, 4.69) is 169 Å². The lowest BCUT2D eigenvalue weighted by molar-refractivity contribution is 0.332. The number of nitrogens with zero attached hydrogens (tertiary/aromatic N) is 2. The highest BCUT2D eigenvalue weighted by Crippen LogP contribution is 2.53. The Kier molecular flexibility index (Phi) is 8.29. The largest absolute Gasteiger partial charge is 0.311 e. The maximum atomic E-state index is 16.5. The molecule has 1 aromatic heterocycles. The van der Waals surface area contributed by atoms with E-state index in [1.807, 2.05) is 23.5 Å². The van der Waals surface area contributed by atoms with E-state index in [1.54, 1.807) is 12.1 Å². The lowest BCUT2D eigenvalue weighted by Crippen LogP contribution is -2.61. The standard InChI is InChI=1S/C53H52BFN2S/c1-32(2)34-22-24-42(36(28-34)33-16-11-10-12-17-33)56-44-20-15-21-45-48(44)54(40-30-38-39(31-46(40)56)53(8,9)27-26-52(38,6)7)50-49(57(45)43-19-14-13-18-41(43)55)37-29-35(51(3,4)5)23-25-47(37)58-50/h10-25,28-32H,26-27H2,1-9H3. The highest BCUT2D eigenvalue weighted by molar-refractivity contribution is 7.33. The van der Waals surface area contributed by atoms with Crippen molar-refractivity contribution >= 4 is 78.0 Å². The van der Waals surface area contributed by atoms with Gasteiger partial charge in [-0.25, -0.2) is 4.39 Å². The molecule has 0 spiro atoms. The third-order valence-electron chi connectivity index (χ3n) is 13.5. The molecule has 0 bridgehead atoms. The maximum Gasteiger partial charge on any atom is 0.264 e. The Morgan fingerprint density at radius 3 is 2.00 bits per heavy atom. The van der Waals surface area contributed by atoms with E-state index in [1.165, 1.54) is 64.9 Å². The fourth-order valence-corrected chi connectivity index (χ4v) is 11.3. The number of fused-ring (bicyclic) bond motifs is 7. The van der Waals surface area contributed by atoms with E-state index >= 15 is 4.39 Å². The average molecular weight is 779 g/mol. The molecule has 3 aliphatic rings. The summed E-state index contributed by atoms with van der Waals surface area (Å²) in [5.74, 6) is 0.158. The molecule has 10 rings (SSSR count). The zero-order valence-electron chi connectivity index (χ0n) is 35.3. The first-order valence-corrected chi connectivity index (χ1v) is 21.9. The first kappa shape index (κ1) is 37.2. The van der Waals surface area contributed by atoms with E-state index in [0.717, 1.165) is 35.6 Å². The molecule has 0 N–H and O–H groups in total. The number of rotatable bonds is 4. The Bertz CT molecular complexity index is 2790. The van der Waals surface area contributed by atoms with Crippen LogP contribution < -0.4 is 25.5 Å². The summed E-state index contributed by atoms with van der Waals surface area (Å²) in [6.07, 6.45) is 2.28. The molecule has 0 amide bonds. The lowest BCUT2D eigenvalue weighted by atomic mass is 9.35. The van der Waals surface area contributed by atoms with Gasteiger partial charge in [0.2, 0.25) is 0 Å². The molecule has 0 saturated carbocycles. The van der Waals surface area contributed by atoms with Gasteiger partial charge in [-0.05, 0) is 128 Å². The molecular weight excluding hydrogens is 726 g/mol. The van der Waals surface area contributed by atoms with E-state index in [0.29, 0.717) is 11.6 Å². The van der Waals surface area contributed by atoms with Crippen LogP contribution in [0.4, 0.5) is 38.5 Å². The molecule has 0 unspecified atom stereocenters. The predicted octanol–water partition coefficient (Wildman–Crippen LogP) is 13.6. The number of hydrogen-bond acceptors (Lipinski definition) is 3. The van der Waals surface area contributed by atoms with E-state index < -0.39 is 0 Å². The van der Waals surface area contributed by atoms with Crippen LogP contribution in [0.15, 0.2) is 121 Å². The summed E-state index contributed by atoms with van der Waals surface area (Å²) in [5.41, 5.74) is 16.7. The first-order valence-electron chi connectivity index (χ1n) is 21.1. The summed E-state index contributed by atoms with van der Waals surface area (Å²) in [6, 6.07) is 44.1. The van der Waals surface area contributed by atoms with Gasteiger partial charge in [-0.3, -0.25) is 0 Å². The summed E-state index contributed by atoms with van der Waals surface area (Å²) < 4.78 is 19.0. The molecule has 1 aliphatic carbocycles. The van der Waals surface area contributed by atoms with Crippen molar-refractivity contribution in [3.05, 3.63) is 149 Å². The number of anilines is 6. The number of benzene rings is 6. The van der Waals surface area contributed by atoms with Gasteiger partial charge in [-0.2, -0.15) is 0 Å². The summed E-state index contributed by atoms with van der Waals surface area (Å²) >= 11 is 1.88. The molecule has 7 aromatic rings. The van der Waals surface area contributed by atoms with Crippen molar-refractivity contribution in [2.24, 2.45) is 0 Å².